The van der Waals surface area contributed by atoms with Crippen molar-refractivity contribution in [2.45, 2.75) is 38.8 Å². The number of nitrogens with zero attached hydrogens (tertiary/aromatic N) is 2. The summed E-state index contributed by atoms with van der Waals surface area (Å²) in [6, 6.07) is 0. The molecule has 0 aliphatic carbocycles. The van der Waals surface area contributed by atoms with Gasteiger partial charge in [0.15, 0.2) is 5.03 Å². The molecule has 0 unspecified atom stereocenters. The van der Waals surface area contributed by atoms with Gasteiger partial charge in [0.25, 0.3) is 10.0 Å². The van der Waals surface area contributed by atoms with E-state index in [-0.39, 0.29) is 11.6 Å². The Morgan fingerprint density at radius 1 is 1.55 bits per heavy atom. The van der Waals surface area contributed by atoms with Crippen molar-refractivity contribution in [2.75, 3.05) is 19.8 Å². The molecule has 0 bridgehead atoms. The molecule has 0 aliphatic rings. The minimum absolute atomic E-state index is 0.0587. The Kier molecular flexibility index (Phi) is 6.38. The molecular weight excluding hydrogens is 278 g/mol. The second kappa shape index (κ2) is 7.56. The van der Waals surface area contributed by atoms with E-state index in [4.69, 9.17) is 4.74 Å². The lowest BCUT2D eigenvalue weighted by Gasteiger charge is -2.05. The van der Waals surface area contributed by atoms with Crippen molar-refractivity contribution in [2.24, 2.45) is 0 Å². The average molecular weight is 301 g/mol. The molecule has 1 aromatic heterocycles. The van der Waals surface area contributed by atoms with Crippen molar-refractivity contribution in [1.29, 1.82) is 0 Å². The minimum Gasteiger partial charge on any atom is -0.376 e. The number of aromatic nitrogens is 2. The van der Waals surface area contributed by atoms with Gasteiger partial charge in [0.2, 0.25) is 0 Å². The van der Waals surface area contributed by atoms with Gasteiger partial charge < -0.3 is 9.30 Å². The van der Waals surface area contributed by atoms with Gasteiger partial charge in [0.1, 0.15) is 5.82 Å². The Hall–Kier alpha value is -1.18. The fourth-order valence-corrected chi connectivity index (χ4v) is 2.66. The Balaban J connectivity index is 2.56. The average Bonchev–Trinajstić information content (AvgIpc) is 2.71. The maximum atomic E-state index is 12.0. The van der Waals surface area contributed by atoms with Crippen molar-refractivity contribution in [3.8, 4) is 0 Å². The maximum Gasteiger partial charge on any atom is 0.259 e. The molecular formula is C13H23N3O3S. The summed E-state index contributed by atoms with van der Waals surface area (Å²) in [4.78, 5) is 4.09. The molecule has 1 heterocycles. The number of hydrogen-bond acceptors (Lipinski definition) is 4. The predicted molar refractivity (Wildman–Crippen MR) is 78.1 cm³/mol. The monoisotopic (exact) mass is 301 g/mol. The molecule has 1 N–H and O–H groups in total. The molecule has 0 fully saturated rings. The van der Waals surface area contributed by atoms with Crippen molar-refractivity contribution in [3.63, 3.8) is 0 Å². The number of imidazole rings is 1. The molecule has 20 heavy (non-hydrogen) atoms. The van der Waals surface area contributed by atoms with Gasteiger partial charge in [-0.15, -0.1) is 0 Å². The lowest BCUT2D eigenvalue weighted by molar-refractivity contribution is 0.162. The first-order valence-electron chi connectivity index (χ1n) is 6.62. The van der Waals surface area contributed by atoms with Crippen LogP contribution in [0.2, 0.25) is 0 Å². The van der Waals surface area contributed by atoms with E-state index in [0.29, 0.717) is 19.0 Å². The van der Waals surface area contributed by atoms with E-state index >= 15 is 0 Å². The Labute approximate surface area is 120 Å². The predicted octanol–water partition coefficient (Wildman–Crippen LogP) is 1.47. The van der Waals surface area contributed by atoms with Gasteiger partial charge in [-0.1, -0.05) is 19.1 Å². The number of ether oxygens (including phenoxy) is 1. The molecule has 0 aliphatic heterocycles. The first-order chi connectivity index (χ1) is 9.36. The molecule has 0 saturated heterocycles. The Morgan fingerprint density at radius 3 is 2.85 bits per heavy atom. The summed E-state index contributed by atoms with van der Waals surface area (Å²) in [7, 11) is -3.57. The summed E-state index contributed by atoms with van der Waals surface area (Å²) in [6.45, 7) is 11.1. The van der Waals surface area contributed by atoms with Gasteiger partial charge in [0.05, 0.1) is 13.2 Å². The molecule has 1 rings (SSSR count). The highest BCUT2D eigenvalue weighted by Gasteiger charge is 2.18. The summed E-state index contributed by atoms with van der Waals surface area (Å²) in [6.07, 6.45) is 2.49. The zero-order chi connectivity index (χ0) is 15.2. The zero-order valence-corrected chi connectivity index (χ0v) is 13.2. The molecule has 114 valence electrons. The van der Waals surface area contributed by atoms with Crippen LogP contribution < -0.4 is 4.72 Å². The van der Waals surface area contributed by atoms with Gasteiger partial charge >= 0.3 is 0 Å². The molecule has 0 amide bonds. The smallest absolute Gasteiger partial charge is 0.259 e. The number of aryl methyl sites for hydroxylation is 2. The normalized spacial score (nSPS) is 11.8. The largest absolute Gasteiger partial charge is 0.376 e. The van der Waals surface area contributed by atoms with Crippen molar-refractivity contribution in [3.05, 3.63) is 24.2 Å². The third kappa shape index (κ3) is 5.07. The van der Waals surface area contributed by atoms with E-state index < -0.39 is 10.0 Å². The fourth-order valence-electron chi connectivity index (χ4n) is 1.64. The van der Waals surface area contributed by atoms with Crippen LogP contribution in [0.4, 0.5) is 0 Å². The van der Waals surface area contributed by atoms with Crippen molar-refractivity contribution in [1.82, 2.24) is 14.3 Å². The molecule has 7 heteroatoms. The second-order valence-electron chi connectivity index (χ2n) is 4.73. The quantitative estimate of drug-likeness (QED) is 0.554. The van der Waals surface area contributed by atoms with Gasteiger partial charge in [0, 0.05) is 19.3 Å². The summed E-state index contributed by atoms with van der Waals surface area (Å²) >= 11 is 0. The number of rotatable bonds is 9. The number of nitrogens with one attached hydrogen (secondary N) is 1. The van der Waals surface area contributed by atoms with E-state index in [1.807, 2.05) is 18.4 Å². The van der Waals surface area contributed by atoms with Crippen molar-refractivity contribution < 1.29 is 13.2 Å². The van der Waals surface area contributed by atoms with E-state index in [9.17, 15) is 8.42 Å². The Morgan fingerprint density at radius 2 is 2.25 bits per heavy atom. The third-order valence-electron chi connectivity index (χ3n) is 2.58. The number of hydrogen-bond donors (Lipinski definition) is 1. The first kappa shape index (κ1) is 16.9. The highest BCUT2D eigenvalue weighted by atomic mass is 32.2. The first-order valence-corrected chi connectivity index (χ1v) is 8.10. The van der Waals surface area contributed by atoms with Crippen LogP contribution in [0, 0.1) is 6.92 Å². The van der Waals surface area contributed by atoms with Crippen LogP contribution in [0.15, 0.2) is 23.4 Å². The van der Waals surface area contributed by atoms with Gasteiger partial charge in [-0.05, 0) is 20.3 Å². The van der Waals surface area contributed by atoms with E-state index in [0.717, 1.165) is 18.5 Å². The topological polar surface area (TPSA) is 73.2 Å². The Bertz CT molecular complexity index is 549. The van der Waals surface area contributed by atoms with Crippen LogP contribution >= 0.6 is 0 Å². The lowest BCUT2D eigenvalue weighted by Crippen LogP contribution is -2.28. The SMILES string of the molecule is C=C(C)COCCNS(=O)(=O)c1cn(CCC)c(C)n1. The van der Waals surface area contributed by atoms with Crippen molar-refractivity contribution >= 4 is 10.0 Å². The van der Waals surface area contributed by atoms with Gasteiger partial charge in [-0.3, -0.25) is 0 Å². The summed E-state index contributed by atoms with van der Waals surface area (Å²) < 4.78 is 33.6. The lowest BCUT2D eigenvalue weighted by atomic mass is 10.4. The molecule has 0 atom stereocenters. The fraction of sp³-hybridized carbons (Fsp3) is 0.615. The summed E-state index contributed by atoms with van der Waals surface area (Å²) in [5.41, 5.74) is 0.904. The summed E-state index contributed by atoms with van der Waals surface area (Å²) in [5.74, 6) is 0.700. The van der Waals surface area contributed by atoms with E-state index in [1.54, 1.807) is 13.1 Å². The minimum atomic E-state index is -3.57. The van der Waals surface area contributed by atoms with Crippen LogP contribution in [0.1, 0.15) is 26.1 Å². The summed E-state index contributed by atoms with van der Waals surface area (Å²) in [5, 5.41) is 0.0587. The van der Waals surface area contributed by atoms with Gasteiger partial charge in [-0.2, -0.15) is 0 Å². The van der Waals surface area contributed by atoms with Crippen LogP contribution in [-0.2, 0) is 21.3 Å². The van der Waals surface area contributed by atoms with Crippen LogP contribution in [0.25, 0.3) is 0 Å². The van der Waals surface area contributed by atoms with E-state index in [1.165, 1.54) is 0 Å². The third-order valence-corrected chi connectivity index (χ3v) is 3.91. The van der Waals surface area contributed by atoms with Crippen LogP contribution in [0.3, 0.4) is 0 Å². The molecule has 0 aromatic carbocycles. The highest BCUT2D eigenvalue weighted by Crippen LogP contribution is 2.09. The molecule has 1 aromatic rings. The molecule has 0 radical (unpaired) electrons. The second-order valence-corrected chi connectivity index (χ2v) is 6.44. The number of sulfonamides is 1. The molecule has 0 spiro atoms. The van der Waals surface area contributed by atoms with Crippen LogP contribution in [-0.4, -0.2) is 37.7 Å². The molecule has 0 saturated carbocycles. The zero-order valence-electron chi connectivity index (χ0n) is 12.3. The van der Waals surface area contributed by atoms with Crippen LogP contribution in [0.5, 0.6) is 0 Å². The van der Waals surface area contributed by atoms with Gasteiger partial charge in [-0.25, -0.2) is 18.1 Å². The van der Waals surface area contributed by atoms with E-state index in [2.05, 4.69) is 16.3 Å². The standard InChI is InChI=1S/C13H23N3O3S/c1-5-7-16-9-13(15-12(16)4)20(17,18)14-6-8-19-10-11(2)3/h9,14H,2,5-8,10H2,1,3-4H3. The highest BCUT2D eigenvalue weighted by molar-refractivity contribution is 7.89. The maximum absolute atomic E-state index is 12.0. The molecule has 6 nitrogen and oxygen atoms in total.